The minimum atomic E-state index is -0.852. The van der Waals surface area contributed by atoms with Crippen LogP contribution in [0.5, 0.6) is 5.75 Å². The maximum Gasteiger partial charge on any atom is 0.407 e. The molecule has 6 atom stereocenters. The van der Waals surface area contributed by atoms with Crippen LogP contribution in [0.15, 0.2) is 48.5 Å². The Morgan fingerprint density at radius 3 is 1.93 bits per heavy atom. The fourth-order valence-corrected chi connectivity index (χ4v) is 9.99. The molecule has 9 rings (SSSR count). The summed E-state index contributed by atoms with van der Waals surface area (Å²) in [4.78, 5) is 73.1. The smallest absolute Gasteiger partial charge is 0.407 e. The number of aromatic amines is 2. The van der Waals surface area contributed by atoms with Crippen LogP contribution in [0.1, 0.15) is 99.3 Å². The number of imidazole rings is 2. The SMILES string of the molecule is COC(=O)NCC(=O)N1CCC[C@H]1c1nc2ccc([C@H]3CC[C@H](c4ccc5nc([C@@H]6CCCN6C(=O)C(NC(=O)OC)C(C)C)[nH]c5c4)N3c3cc(F)c(OCC4COCO4)c(F)c3)cc2[nH]1. The molecule has 0 bridgehead atoms. The van der Waals surface area contributed by atoms with Crippen LogP contribution in [0.4, 0.5) is 24.1 Å². The van der Waals surface area contributed by atoms with Crippen LogP contribution >= 0.6 is 0 Å². The number of likely N-dealkylation sites (tertiary alicyclic amines) is 2. The van der Waals surface area contributed by atoms with Crippen LogP contribution in [-0.4, -0.2) is 120 Å². The van der Waals surface area contributed by atoms with E-state index in [1.54, 1.807) is 9.80 Å². The largest absolute Gasteiger partial charge is 0.485 e. The number of fused-ring (bicyclic) bond motifs is 2. The molecule has 2 unspecified atom stereocenters. The van der Waals surface area contributed by atoms with Gasteiger partial charge >= 0.3 is 12.2 Å². The van der Waals surface area contributed by atoms with E-state index in [1.165, 1.54) is 26.4 Å². The van der Waals surface area contributed by atoms with Crippen LogP contribution in [0.3, 0.4) is 0 Å². The van der Waals surface area contributed by atoms with Crippen LogP contribution < -0.4 is 20.3 Å². The number of hydrogen-bond donors (Lipinski definition) is 4. The number of nitrogens with one attached hydrogen (secondary N) is 4. The average molecular weight is 928 g/mol. The summed E-state index contributed by atoms with van der Waals surface area (Å²) in [5.41, 5.74) is 5.00. The zero-order valence-electron chi connectivity index (χ0n) is 37.8. The summed E-state index contributed by atoms with van der Waals surface area (Å²) in [6.45, 7) is 4.85. The van der Waals surface area contributed by atoms with Crippen molar-refractivity contribution in [3.63, 3.8) is 0 Å². The van der Waals surface area contributed by atoms with Crippen LogP contribution in [-0.2, 0) is 28.5 Å². The van der Waals surface area contributed by atoms with Gasteiger partial charge in [0.05, 0.1) is 67.1 Å². The second-order valence-electron chi connectivity index (χ2n) is 17.8. The molecule has 4 saturated heterocycles. The highest BCUT2D eigenvalue weighted by molar-refractivity contribution is 5.87. The molecule has 4 amide bonds. The molecule has 5 aromatic rings. The van der Waals surface area contributed by atoms with E-state index in [0.717, 1.165) is 35.0 Å². The zero-order chi connectivity index (χ0) is 46.9. The first-order valence-electron chi connectivity index (χ1n) is 22.8. The number of alkyl carbamates (subject to hydrolysis) is 2. The van der Waals surface area contributed by atoms with Crippen molar-refractivity contribution in [2.75, 3.05) is 58.8 Å². The van der Waals surface area contributed by atoms with Gasteiger partial charge in [0.1, 0.15) is 43.7 Å². The van der Waals surface area contributed by atoms with E-state index in [2.05, 4.69) is 25.3 Å². The molecule has 3 aromatic carbocycles. The lowest BCUT2D eigenvalue weighted by molar-refractivity contribution is -0.135. The Hall–Kier alpha value is -6.54. The predicted octanol–water partition coefficient (Wildman–Crippen LogP) is 6.62. The topological polar surface area (TPSA) is 206 Å². The lowest BCUT2D eigenvalue weighted by atomic mass is 10.0. The monoisotopic (exact) mass is 927 g/mol. The number of benzene rings is 3. The van der Waals surface area contributed by atoms with Gasteiger partial charge in [0, 0.05) is 30.9 Å². The summed E-state index contributed by atoms with van der Waals surface area (Å²) >= 11 is 0. The lowest BCUT2D eigenvalue weighted by Gasteiger charge is -2.33. The van der Waals surface area contributed by atoms with Crippen molar-refractivity contribution in [2.24, 2.45) is 5.92 Å². The molecule has 67 heavy (non-hydrogen) atoms. The van der Waals surface area contributed by atoms with Crippen molar-refractivity contribution in [1.29, 1.82) is 0 Å². The molecule has 0 saturated carbocycles. The Bertz CT molecular complexity index is 2630. The van der Waals surface area contributed by atoms with Crippen molar-refractivity contribution in [3.8, 4) is 5.75 Å². The first kappa shape index (κ1) is 45.6. The molecule has 0 aliphatic carbocycles. The highest BCUT2D eigenvalue weighted by atomic mass is 19.1. The van der Waals surface area contributed by atoms with Gasteiger partial charge in [-0.3, -0.25) is 9.59 Å². The summed E-state index contributed by atoms with van der Waals surface area (Å²) in [5.74, 6) is -1.58. The molecular formula is C47H55F2N9O9. The maximum absolute atomic E-state index is 16.1. The first-order chi connectivity index (χ1) is 32.4. The van der Waals surface area contributed by atoms with E-state index in [-0.39, 0.29) is 68.5 Å². The highest BCUT2D eigenvalue weighted by Gasteiger charge is 2.40. The molecule has 2 aromatic heterocycles. The number of anilines is 1. The summed E-state index contributed by atoms with van der Waals surface area (Å²) in [6.07, 6.45) is 2.38. The number of carbonyl (C=O) groups excluding carboxylic acids is 4. The molecule has 4 fully saturated rings. The van der Waals surface area contributed by atoms with E-state index in [1.807, 2.05) is 55.1 Å². The fourth-order valence-electron chi connectivity index (χ4n) is 9.99. The normalized spacial score (nSPS) is 22.3. The van der Waals surface area contributed by atoms with E-state index in [9.17, 15) is 19.2 Å². The second kappa shape index (κ2) is 19.4. The average Bonchev–Trinajstić information content (AvgIpc) is 4.19. The first-order valence-corrected chi connectivity index (χ1v) is 22.8. The second-order valence-corrected chi connectivity index (χ2v) is 17.8. The molecule has 20 heteroatoms. The summed E-state index contributed by atoms with van der Waals surface area (Å²) in [5, 5.41) is 5.16. The van der Waals surface area contributed by atoms with E-state index < -0.39 is 41.7 Å². The van der Waals surface area contributed by atoms with Gasteiger partial charge in [-0.05, 0) is 79.8 Å². The van der Waals surface area contributed by atoms with Gasteiger partial charge < -0.3 is 59.0 Å². The minimum Gasteiger partial charge on any atom is -0.485 e. The van der Waals surface area contributed by atoms with Gasteiger partial charge in [-0.25, -0.2) is 28.3 Å². The Morgan fingerprint density at radius 2 is 1.37 bits per heavy atom. The van der Waals surface area contributed by atoms with Gasteiger partial charge in [0.25, 0.3) is 0 Å². The number of amides is 4. The fraction of sp³-hybridized carbons (Fsp3) is 0.489. The minimum absolute atomic E-state index is 0.0762. The standard InChI is InChI=1S/C47H55F2N9O9/c1-25(2)41(55-47(62)64-4)45(60)57-16-6-8-39(57)44-52-33-12-10-27(18-35(33)54-44)37-14-13-36(58(37)28-19-30(48)42(31(49)20-28)66-23-29-22-65-24-67-29)26-9-11-32-34(17-26)53-43(51-32)38-7-5-15-56(38)40(59)21-50-46(61)63-3/h9-12,17-20,25,29,36-39,41H,5-8,13-16,21-24H2,1-4H3,(H,50,61)(H,51,53)(H,52,54)(H,55,62)/t29?,36-,37-,38+,39+,41?/m1/s1. The van der Waals surface area contributed by atoms with Gasteiger partial charge in [-0.1, -0.05) is 26.0 Å². The molecule has 356 valence electrons. The third kappa shape index (κ3) is 9.28. The summed E-state index contributed by atoms with van der Waals surface area (Å²) < 4.78 is 57.8. The Morgan fingerprint density at radius 1 is 0.791 bits per heavy atom. The molecule has 0 spiro atoms. The van der Waals surface area contributed by atoms with Crippen molar-refractivity contribution in [1.82, 2.24) is 40.4 Å². The number of aromatic nitrogens is 4. The van der Waals surface area contributed by atoms with Crippen molar-refractivity contribution in [2.45, 2.75) is 88.7 Å². The number of ether oxygens (including phenoxy) is 5. The van der Waals surface area contributed by atoms with Gasteiger partial charge in [0.2, 0.25) is 11.8 Å². The number of rotatable bonds is 13. The predicted molar refractivity (Wildman–Crippen MR) is 239 cm³/mol. The quantitative estimate of drug-likeness (QED) is 0.0984. The lowest BCUT2D eigenvalue weighted by Crippen LogP contribution is -2.51. The summed E-state index contributed by atoms with van der Waals surface area (Å²) in [7, 11) is 2.50. The van der Waals surface area contributed by atoms with Gasteiger partial charge in [-0.2, -0.15) is 0 Å². The third-order valence-corrected chi connectivity index (χ3v) is 13.3. The number of carbonyl (C=O) groups is 4. The number of nitrogens with zero attached hydrogens (tertiary/aromatic N) is 5. The van der Waals surface area contributed by atoms with Gasteiger partial charge in [-0.15, -0.1) is 0 Å². The van der Waals surface area contributed by atoms with Gasteiger partial charge in [0.15, 0.2) is 17.4 Å². The summed E-state index contributed by atoms with van der Waals surface area (Å²) in [6, 6.07) is 12.3. The maximum atomic E-state index is 16.1. The molecule has 4 aliphatic rings. The number of halogens is 2. The van der Waals surface area contributed by atoms with Crippen molar-refractivity contribution >= 4 is 51.8 Å². The Kier molecular flexibility index (Phi) is 13.2. The molecule has 0 radical (unpaired) electrons. The van der Waals surface area contributed by atoms with E-state index in [0.29, 0.717) is 67.1 Å². The van der Waals surface area contributed by atoms with Crippen LogP contribution in [0, 0.1) is 17.6 Å². The Labute approximate surface area is 385 Å². The molecular weight excluding hydrogens is 873 g/mol. The van der Waals surface area contributed by atoms with Crippen LogP contribution in [0.2, 0.25) is 0 Å². The van der Waals surface area contributed by atoms with Crippen molar-refractivity contribution in [3.05, 3.63) is 82.9 Å². The number of hydrogen-bond acceptors (Lipinski definition) is 12. The molecule has 4 N–H and O–H groups in total. The van der Waals surface area contributed by atoms with Crippen LogP contribution in [0.25, 0.3) is 22.1 Å². The van der Waals surface area contributed by atoms with E-state index in [4.69, 9.17) is 28.9 Å². The third-order valence-electron chi connectivity index (χ3n) is 13.3. The molecule has 18 nitrogen and oxygen atoms in total. The van der Waals surface area contributed by atoms with Crippen molar-refractivity contribution < 1.29 is 51.6 Å². The highest BCUT2D eigenvalue weighted by Crippen LogP contribution is 2.49. The molecule has 6 heterocycles. The van der Waals surface area contributed by atoms with E-state index >= 15 is 8.78 Å². The molecule has 4 aliphatic heterocycles. The number of methoxy groups -OCH3 is 2. The number of H-pyrrole nitrogens is 2. The zero-order valence-corrected chi connectivity index (χ0v) is 37.8. The Balaban J connectivity index is 1.02.